The van der Waals surface area contributed by atoms with Gasteiger partial charge < -0.3 is 25.0 Å². The third kappa shape index (κ3) is 5.04. The van der Waals surface area contributed by atoms with Crippen LogP contribution >= 0.6 is 0 Å². The molecule has 0 radical (unpaired) electrons. The molecule has 1 aliphatic heterocycles. The molecular formula is C24H25N5O3. The number of carbonyl (C=O) groups is 1. The molecule has 164 valence electrons. The van der Waals surface area contributed by atoms with E-state index in [2.05, 4.69) is 44.2 Å². The van der Waals surface area contributed by atoms with Crippen LogP contribution < -0.4 is 20.3 Å². The van der Waals surface area contributed by atoms with Crippen LogP contribution in [0.1, 0.15) is 0 Å². The van der Waals surface area contributed by atoms with Crippen molar-refractivity contribution in [3.05, 3.63) is 67.4 Å². The number of hydrogen-bond acceptors (Lipinski definition) is 7. The lowest BCUT2D eigenvalue weighted by molar-refractivity contribution is -0.111. The summed E-state index contributed by atoms with van der Waals surface area (Å²) < 4.78 is 10.8. The van der Waals surface area contributed by atoms with Gasteiger partial charge >= 0.3 is 0 Å². The molecule has 2 aromatic carbocycles. The Morgan fingerprint density at radius 1 is 1.19 bits per heavy atom. The number of aromatic nitrogens is 2. The van der Waals surface area contributed by atoms with Gasteiger partial charge in [-0.15, -0.1) is 0 Å². The number of morpholine rings is 1. The second-order valence-electron chi connectivity index (χ2n) is 7.15. The molecule has 4 rings (SSSR count). The number of benzene rings is 2. The van der Waals surface area contributed by atoms with E-state index in [9.17, 15) is 4.79 Å². The summed E-state index contributed by atoms with van der Waals surface area (Å²) in [5.74, 6) is 0.719. The molecule has 2 heterocycles. The van der Waals surface area contributed by atoms with Gasteiger partial charge in [-0.05, 0) is 48.5 Å². The van der Waals surface area contributed by atoms with Crippen molar-refractivity contribution < 1.29 is 14.3 Å². The van der Waals surface area contributed by atoms with Gasteiger partial charge in [0, 0.05) is 36.2 Å². The smallest absolute Gasteiger partial charge is 0.247 e. The molecule has 1 amide bonds. The van der Waals surface area contributed by atoms with Crippen molar-refractivity contribution in [3.8, 4) is 17.0 Å². The second-order valence-corrected chi connectivity index (χ2v) is 7.15. The summed E-state index contributed by atoms with van der Waals surface area (Å²) in [6.45, 7) is 6.71. The molecule has 1 fully saturated rings. The van der Waals surface area contributed by atoms with Gasteiger partial charge in [0.25, 0.3) is 0 Å². The van der Waals surface area contributed by atoms with Crippen molar-refractivity contribution in [1.29, 1.82) is 0 Å². The first-order valence-corrected chi connectivity index (χ1v) is 10.3. The van der Waals surface area contributed by atoms with Crippen molar-refractivity contribution in [1.82, 2.24) is 9.97 Å². The fraction of sp³-hybridized carbons (Fsp3) is 0.208. The average molecular weight is 431 g/mol. The highest BCUT2D eigenvalue weighted by molar-refractivity contribution is 6.00. The Morgan fingerprint density at radius 3 is 2.81 bits per heavy atom. The molecule has 1 aliphatic rings. The van der Waals surface area contributed by atoms with E-state index in [1.54, 1.807) is 19.4 Å². The fourth-order valence-corrected chi connectivity index (χ4v) is 3.46. The highest BCUT2D eigenvalue weighted by atomic mass is 16.5. The van der Waals surface area contributed by atoms with E-state index in [1.807, 2.05) is 30.3 Å². The summed E-state index contributed by atoms with van der Waals surface area (Å²) in [5, 5.41) is 6.04. The van der Waals surface area contributed by atoms with Gasteiger partial charge in [-0.25, -0.2) is 9.97 Å². The van der Waals surface area contributed by atoms with Crippen LogP contribution in [0.25, 0.3) is 11.3 Å². The topological polar surface area (TPSA) is 88.6 Å². The van der Waals surface area contributed by atoms with E-state index >= 15 is 0 Å². The lowest BCUT2D eigenvalue weighted by atomic mass is 10.1. The highest BCUT2D eigenvalue weighted by Gasteiger charge is 2.12. The molecule has 1 aromatic heterocycles. The molecule has 3 aromatic rings. The van der Waals surface area contributed by atoms with Crippen LogP contribution in [-0.2, 0) is 9.53 Å². The summed E-state index contributed by atoms with van der Waals surface area (Å²) in [6.07, 6.45) is 2.91. The van der Waals surface area contributed by atoms with E-state index in [0.717, 1.165) is 43.2 Å². The molecule has 0 bridgehead atoms. The molecule has 8 nitrogen and oxygen atoms in total. The van der Waals surface area contributed by atoms with Crippen LogP contribution in [-0.4, -0.2) is 49.3 Å². The minimum absolute atomic E-state index is 0.314. The van der Waals surface area contributed by atoms with E-state index in [1.165, 1.54) is 6.08 Å². The maximum atomic E-state index is 11.8. The fourth-order valence-electron chi connectivity index (χ4n) is 3.46. The van der Waals surface area contributed by atoms with Gasteiger partial charge in [0.15, 0.2) is 0 Å². The first kappa shape index (κ1) is 21.3. The van der Waals surface area contributed by atoms with Crippen LogP contribution in [0.4, 0.5) is 23.0 Å². The second kappa shape index (κ2) is 9.93. The number of methoxy groups -OCH3 is 1. The molecule has 8 heteroatoms. The predicted octanol–water partition coefficient (Wildman–Crippen LogP) is 3.86. The quantitative estimate of drug-likeness (QED) is 0.549. The van der Waals surface area contributed by atoms with E-state index in [0.29, 0.717) is 23.1 Å². The van der Waals surface area contributed by atoms with Crippen LogP contribution in [0.3, 0.4) is 0 Å². The Morgan fingerprint density at radius 2 is 2.03 bits per heavy atom. The first-order chi connectivity index (χ1) is 15.7. The third-order valence-electron chi connectivity index (χ3n) is 5.07. The van der Waals surface area contributed by atoms with Crippen molar-refractivity contribution in [2.45, 2.75) is 0 Å². The van der Waals surface area contributed by atoms with E-state index < -0.39 is 0 Å². The van der Waals surface area contributed by atoms with Gasteiger partial charge in [0.1, 0.15) is 5.75 Å². The lowest BCUT2D eigenvalue weighted by Gasteiger charge is -2.29. The van der Waals surface area contributed by atoms with Gasteiger partial charge in [-0.1, -0.05) is 12.6 Å². The monoisotopic (exact) mass is 431 g/mol. The van der Waals surface area contributed by atoms with Crippen molar-refractivity contribution in [2.75, 3.05) is 48.9 Å². The zero-order chi connectivity index (χ0) is 22.3. The Hall–Kier alpha value is -3.91. The SMILES string of the molecule is C=CC(=O)Nc1cc(-c2ccnc(Nc3cccc(N4CCOCC4)c3)n2)ccc1OC. The number of anilines is 4. The van der Waals surface area contributed by atoms with Crippen LogP contribution in [0.15, 0.2) is 67.4 Å². The molecule has 0 aliphatic carbocycles. The van der Waals surface area contributed by atoms with Crippen LogP contribution in [0.5, 0.6) is 5.75 Å². The van der Waals surface area contributed by atoms with E-state index in [4.69, 9.17) is 9.47 Å². The highest BCUT2D eigenvalue weighted by Crippen LogP contribution is 2.30. The summed E-state index contributed by atoms with van der Waals surface area (Å²) >= 11 is 0. The minimum Gasteiger partial charge on any atom is -0.495 e. The molecule has 2 N–H and O–H groups in total. The standard InChI is InChI=1S/C24H25N5O3/c1-3-23(30)27-21-15-17(7-8-22(21)31-2)20-9-10-25-24(28-20)26-18-5-4-6-19(16-18)29-11-13-32-14-12-29/h3-10,15-16H,1,11-14H2,2H3,(H,27,30)(H,25,26,28). The first-order valence-electron chi connectivity index (χ1n) is 10.3. The number of nitrogens with one attached hydrogen (secondary N) is 2. The van der Waals surface area contributed by atoms with E-state index in [-0.39, 0.29) is 5.91 Å². The predicted molar refractivity (Wildman–Crippen MR) is 126 cm³/mol. The molecule has 32 heavy (non-hydrogen) atoms. The maximum absolute atomic E-state index is 11.8. The molecule has 1 saturated heterocycles. The number of rotatable bonds is 7. The van der Waals surface area contributed by atoms with Crippen LogP contribution in [0, 0.1) is 0 Å². The number of hydrogen-bond donors (Lipinski definition) is 2. The Bertz CT molecular complexity index is 1110. The summed E-state index contributed by atoms with van der Waals surface area (Å²) in [6, 6.07) is 15.5. The number of carbonyl (C=O) groups excluding carboxylic acids is 1. The third-order valence-corrected chi connectivity index (χ3v) is 5.07. The Labute approximate surface area is 186 Å². The Kier molecular flexibility index (Phi) is 6.62. The Balaban J connectivity index is 1.56. The summed E-state index contributed by atoms with van der Waals surface area (Å²) in [5.41, 5.74) is 4.11. The number of nitrogens with zero attached hydrogens (tertiary/aromatic N) is 3. The number of ether oxygens (including phenoxy) is 2. The normalized spacial score (nSPS) is 13.3. The van der Waals surface area contributed by atoms with Crippen molar-refractivity contribution >= 4 is 28.9 Å². The van der Waals surface area contributed by atoms with Gasteiger partial charge in [-0.2, -0.15) is 0 Å². The zero-order valence-electron chi connectivity index (χ0n) is 17.9. The average Bonchev–Trinajstić information content (AvgIpc) is 2.85. The zero-order valence-corrected chi connectivity index (χ0v) is 17.9. The minimum atomic E-state index is -0.314. The molecule has 0 unspecified atom stereocenters. The summed E-state index contributed by atoms with van der Waals surface area (Å²) in [7, 11) is 1.55. The molecule has 0 spiro atoms. The maximum Gasteiger partial charge on any atom is 0.247 e. The van der Waals surface area contributed by atoms with Crippen LogP contribution in [0.2, 0.25) is 0 Å². The van der Waals surface area contributed by atoms with Crippen molar-refractivity contribution in [3.63, 3.8) is 0 Å². The van der Waals surface area contributed by atoms with Gasteiger partial charge in [-0.3, -0.25) is 4.79 Å². The van der Waals surface area contributed by atoms with Crippen molar-refractivity contribution in [2.24, 2.45) is 0 Å². The number of amides is 1. The van der Waals surface area contributed by atoms with Gasteiger partial charge in [0.05, 0.1) is 31.7 Å². The lowest BCUT2D eigenvalue weighted by Crippen LogP contribution is -2.36. The largest absolute Gasteiger partial charge is 0.495 e. The molecule has 0 saturated carbocycles. The summed E-state index contributed by atoms with van der Waals surface area (Å²) in [4.78, 5) is 23.1. The molecular weight excluding hydrogens is 406 g/mol. The molecule has 0 atom stereocenters. The van der Waals surface area contributed by atoms with Gasteiger partial charge in [0.2, 0.25) is 11.9 Å².